The van der Waals surface area contributed by atoms with Crippen LogP contribution in [0.1, 0.15) is 0 Å². The Bertz CT molecular complexity index is 547. The summed E-state index contributed by atoms with van der Waals surface area (Å²) in [4.78, 5) is 10.0. The van der Waals surface area contributed by atoms with Crippen LogP contribution in [-0.2, 0) is 10.0 Å². The Morgan fingerprint density at radius 1 is 1.47 bits per heavy atom. The number of nitrogens with zero attached hydrogens (tertiary/aromatic N) is 2. The molecule has 2 N–H and O–H groups in total. The number of sulfonamides is 1. The molecule has 0 amide bonds. The average Bonchev–Trinajstić information content (AvgIpc) is 2.75. The maximum absolute atomic E-state index is 11.7. The van der Waals surface area contributed by atoms with Crippen LogP contribution in [0, 0.1) is 0 Å². The smallest absolute Gasteiger partial charge is 0.275 e. The third-order valence-electron chi connectivity index (χ3n) is 1.45. The SMILES string of the molecule is O=S(=O)(Nc1ncc[nH]1)c1cnc(Cl)s1. The summed E-state index contributed by atoms with van der Waals surface area (Å²) < 4.78 is 25.8. The Morgan fingerprint density at radius 3 is 2.80 bits per heavy atom. The normalized spacial score (nSPS) is 11.5. The van der Waals surface area contributed by atoms with Gasteiger partial charge in [0.25, 0.3) is 10.0 Å². The predicted octanol–water partition coefficient (Wildman–Crippen LogP) is 1.32. The third kappa shape index (κ3) is 2.28. The van der Waals surface area contributed by atoms with E-state index >= 15 is 0 Å². The van der Waals surface area contributed by atoms with E-state index in [2.05, 4.69) is 19.7 Å². The number of halogens is 1. The van der Waals surface area contributed by atoms with Crippen LogP contribution in [-0.4, -0.2) is 23.4 Å². The molecule has 2 rings (SSSR count). The van der Waals surface area contributed by atoms with Gasteiger partial charge in [-0.3, -0.25) is 0 Å². The van der Waals surface area contributed by atoms with Crippen molar-refractivity contribution in [2.45, 2.75) is 4.21 Å². The maximum atomic E-state index is 11.7. The number of hydrogen-bond donors (Lipinski definition) is 2. The lowest BCUT2D eigenvalue weighted by atomic mass is 11.0. The lowest BCUT2D eigenvalue weighted by molar-refractivity contribution is 0.602. The first-order valence-electron chi connectivity index (χ1n) is 3.71. The Kier molecular flexibility index (Phi) is 2.63. The van der Waals surface area contributed by atoms with E-state index in [0.717, 1.165) is 11.3 Å². The number of rotatable bonds is 3. The molecule has 0 aliphatic heterocycles. The van der Waals surface area contributed by atoms with Crippen LogP contribution in [0.4, 0.5) is 5.95 Å². The van der Waals surface area contributed by atoms with E-state index in [9.17, 15) is 8.42 Å². The summed E-state index contributed by atoms with van der Waals surface area (Å²) in [6.45, 7) is 0. The molecular formula is C6H5ClN4O2S2. The van der Waals surface area contributed by atoms with E-state index in [0.29, 0.717) is 0 Å². The molecule has 2 aromatic rings. The molecule has 2 heterocycles. The van der Waals surface area contributed by atoms with Crippen LogP contribution in [0.5, 0.6) is 0 Å². The largest absolute Gasteiger partial charge is 0.330 e. The zero-order valence-corrected chi connectivity index (χ0v) is 9.53. The number of aromatic nitrogens is 3. The van der Waals surface area contributed by atoms with Crippen LogP contribution in [0.15, 0.2) is 22.8 Å². The van der Waals surface area contributed by atoms with Crippen LogP contribution in [0.3, 0.4) is 0 Å². The molecule has 2 aromatic heterocycles. The van der Waals surface area contributed by atoms with Crippen molar-refractivity contribution >= 4 is 38.9 Å². The molecule has 0 aliphatic carbocycles. The molecule has 0 atom stereocenters. The molecular weight excluding hydrogens is 260 g/mol. The van der Waals surface area contributed by atoms with E-state index in [1.165, 1.54) is 18.6 Å². The van der Waals surface area contributed by atoms with Gasteiger partial charge in [0.05, 0.1) is 6.20 Å². The molecule has 0 unspecified atom stereocenters. The van der Waals surface area contributed by atoms with E-state index in [4.69, 9.17) is 11.6 Å². The van der Waals surface area contributed by atoms with Gasteiger partial charge in [-0.1, -0.05) is 22.9 Å². The van der Waals surface area contributed by atoms with Gasteiger partial charge in [-0.05, 0) is 0 Å². The molecule has 0 spiro atoms. The second-order valence-electron chi connectivity index (χ2n) is 2.48. The molecule has 80 valence electrons. The zero-order chi connectivity index (χ0) is 10.9. The summed E-state index contributed by atoms with van der Waals surface area (Å²) in [6.07, 6.45) is 4.15. The molecule has 0 saturated carbocycles. The molecule has 6 nitrogen and oxygen atoms in total. The number of aromatic amines is 1. The molecule has 0 radical (unpaired) electrons. The summed E-state index contributed by atoms with van der Waals surface area (Å²) >= 11 is 6.42. The lowest BCUT2D eigenvalue weighted by Crippen LogP contribution is -2.12. The molecule has 15 heavy (non-hydrogen) atoms. The van der Waals surface area contributed by atoms with Gasteiger partial charge < -0.3 is 4.98 Å². The van der Waals surface area contributed by atoms with Gasteiger partial charge in [-0.15, -0.1) is 0 Å². The maximum Gasteiger partial charge on any atom is 0.275 e. The quantitative estimate of drug-likeness (QED) is 0.875. The number of imidazole rings is 1. The molecule has 9 heteroatoms. The van der Waals surface area contributed by atoms with Crippen molar-refractivity contribution < 1.29 is 8.42 Å². The summed E-state index contributed by atoms with van der Waals surface area (Å²) in [5.41, 5.74) is 0. The van der Waals surface area contributed by atoms with Gasteiger partial charge >= 0.3 is 0 Å². The molecule has 0 saturated heterocycles. The summed E-state index contributed by atoms with van der Waals surface area (Å²) in [5.74, 6) is 0.152. The average molecular weight is 265 g/mol. The van der Waals surface area contributed by atoms with Crippen molar-refractivity contribution in [3.63, 3.8) is 0 Å². The van der Waals surface area contributed by atoms with Crippen molar-refractivity contribution in [2.75, 3.05) is 4.72 Å². The van der Waals surface area contributed by atoms with Crippen LogP contribution in [0.2, 0.25) is 4.47 Å². The fraction of sp³-hybridized carbons (Fsp3) is 0. The zero-order valence-electron chi connectivity index (χ0n) is 7.14. The van der Waals surface area contributed by atoms with E-state index in [1.807, 2.05) is 0 Å². The van der Waals surface area contributed by atoms with Gasteiger partial charge in [0.1, 0.15) is 0 Å². The molecule has 0 aromatic carbocycles. The number of hydrogen-bond acceptors (Lipinski definition) is 5. The topological polar surface area (TPSA) is 87.7 Å². The minimum atomic E-state index is -3.63. The van der Waals surface area contributed by atoms with E-state index in [-0.39, 0.29) is 14.6 Å². The number of H-pyrrole nitrogens is 1. The summed E-state index contributed by atoms with van der Waals surface area (Å²) in [7, 11) is -3.63. The van der Waals surface area contributed by atoms with Crippen LogP contribution in [0.25, 0.3) is 0 Å². The fourth-order valence-corrected chi connectivity index (χ4v) is 3.13. The van der Waals surface area contributed by atoms with E-state index in [1.54, 1.807) is 0 Å². The highest BCUT2D eigenvalue weighted by molar-refractivity contribution is 7.94. The Labute approximate surface area is 94.4 Å². The molecule has 0 bridgehead atoms. The van der Waals surface area contributed by atoms with Crippen molar-refractivity contribution in [3.05, 3.63) is 23.1 Å². The highest BCUT2D eigenvalue weighted by atomic mass is 35.5. The highest BCUT2D eigenvalue weighted by Gasteiger charge is 2.18. The third-order valence-corrected chi connectivity index (χ3v) is 4.37. The second-order valence-corrected chi connectivity index (χ2v) is 6.00. The van der Waals surface area contributed by atoms with E-state index < -0.39 is 10.0 Å². The standard InChI is InChI=1S/C6H5ClN4O2S2/c7-5-10-3-4(14-5)15(12,13)11-6-8-1-2-9-6/h1-3H,(H2,8,9,11). The van der Waals surface area contributed by atoms with Gasteiger partial charge in [0.2, 0.25) is 5.95 Å². The van der Waals surface area contributed by atoms with Crippen molar-refractivity contribution in [1.82, 2.24) is 15.0 Å². The monoisotopic (exact) mass is 264 g/mol. The van der Waals surface area contributed by atoms with Crippen LogP contribution >= 0.6 is 22.9 Å². The van der Waals surface area contributed by atoms with Crippen molar-refractivity contribution in [3.8, 4) is 0 Å². The number of thiazole rings is 1. The Hall–Kier alpha value is -1.12. The Balaban J connectivity index is 2.28. The minimum absolute atomic E-state index is 0.0453. The first kappa shape index (κ1) is 10.4. The number of nitrogens with one attached hydrogen (secondary N) is 2. The van der Waals surface area contributed by atoms with Gasteiger partial charge in [0.15, 0.2) is 8.68 Å². The first-order valence-corrected chi connectivity index (χ1v) is 6.39. The number of anilines is 1. The van der Waals surface area contributed by atoms with Gasteiger partial charge in [0, 0.05) is 12.4 Å². The lowest BCUT2D eigenvalue weighted by Gasteiger charge is -2.00. The van der Waals surface area contributed by atoms with Crippen LogP contribution < -0.4 is 4.72 Å². The van der Waals surface area contributed by atoms with Crippen molar-refractivity contribution in [2.24, 2.45) is 0 Å². The summed E-state index contributed by atoms with van der Waals surface area (Å²) in [5, 5.41) is 0. The fourth-order valence-electron chi connectivity index (χ4n) is 0.862. The van der Waals surface area contributed by atoms with Crippen molar-refractivity contribution in [1.29, 1.82) is 0 Å². The summed E-state index contributed by atoms with van der Waals surface area (Å²) in [6, 6.07) is 0. The first-order chi connectivity index (χ1) is 7.08. The van der Waals surface area contributed by atoms with Gasteiger partial charge in [-0.2, -0.15) is 0 Å². The van der Waals surface area contributed by atoms with Gasteiger partial charge in [-0.25, -0.2) is 23.1 Å². The second kappa shape index (κ2) is 3.80. The molecule has 0 aliphatic rings. The predicted molar refractivity (Wildman–Crippen MR) is 56.5 cm³/mol. The highest BCUT2D eigenvalue weighted by Crippen LogP contribution is 2.23. The Morgan fingerprint density at radius 2 is 2.27 bits per heavy atom. The molecule has 0 fully saturated rings. The minimum Gasteiger partial charge on any atom is -0.330 e.